The molecule has 1 fully saturated rings. The predicted octanol–water partition coefficient (Wildman–Crippen LogP) is 5.15. The molecular weight excluding hydrogens is 564 g/mol. The number of benzene rings is 2. The van der Waals surface area contributed by atoms with E-state index >= 15 is 0 Å². The largest absolute Gasteiger partial charge is 0.493 e. The second-order valence-corrected chi connectivity index (χ2v) is 9.62. The molecule has 0 atom stereocenters. The number of hydrogen-bond acceptors (Lipinski definition) is 9. The summed E-state index contributed by atoms with van der Waals surface area (Å²) in [7, 11) is 1.46. The maximum Gasteiger partial charge on any atom is 0.401 e. The molecule has 1 saturated carbocycles. The van der Waals surface area contributed by atoms with Gasteiger partial charge in [-0.1, -0.05) is 17.3 Å². The van der Waals surface area contributed by atoms with Crippen molar-refractivity contribution in [2.75, 3.05) is 25.6 Å². The summed E-state index contributed by atoms with van der Waals surface area (Å²) in [5.41, 5.74) is -0.344. The molecule has 14 heteroatoms. The average molecular weight is 589 g/mol. The van der Waals surface area contributed by atoms with Crippen molar-refractivity contribution < 1.29 is 45.9 Å². The smallest absolute Gasteiger partial charge is 0.401 e. The van der Waals surface area contributed by atoms with Gasteiger partial charge in [0.25, 0.3) is 0 Å². The molecule has 0 bridgehead atoms. The fourth-order valence-electron chi connectivity index (χ4n) is 4.33. The summed E-state index contributed by atoms with van der Waals surface area (Å²) in [6, 6.07) is 8.44. The van der Waals surface area contributed by atoms with Gasteiger partial charge in [-0.25, -0.2) is 9.37 Å². The Balaban J connectivity index is 1.27. The normalized spacial score (nSPS) is 14.0. The first kappa shape index (κ1) is 28.8. The Kier molecular flexibility index (Phi) is 7.71. The minimum absolute atomic E-state index is 0.0459. The zero-order valence-electron chi connectivity index (χ0n) is 22.4. The highest BCUT2D eigenvalue weighted by atomic mass is 19.4. The third-order valence-corrected chi connectivity index (χ3v) is 6.72. The highest BCUT2D eigenvalue weighted by Crippen LogP contribution is 2.59. The first-order chi connectivity index (χ1) is 20.0. The van der Waals surface area contributed by atoms with Crippen LogP contribution < -0.4 is 14.8 Å². The van der Waals surface area contributed by atoms with E-state index in [4.69, 9.17) is 18.7 Å². The van der Waals surface area contributed by atoms with E-state index in [-0.39, 0.29) is 43.2 Å². The summed E-state index contributed by atoms with van der Waals surface area (Å²) < 4.78 is 75.6. The third-order valence-electron chi connectivity index (χ3n) is 6.72. The van der Waals surface area contributed by atoms with Crippen LogP contribution >= 0.6 is 0 Å². The van der Waals surface area contributed by atoms with Crippen molar-refractivity contribution >= 4 is 28.7 Å². The SMILES string of the molecule is COc1cc2ncc(-c3ccc(CC(=O)Nc4cc(C5(C(F)(F)F)CC5)on4)c(F)c3)nc2cc1OCCOC(C)=O. The number of methoxy groups -OCH3 is 1. The number of alkyl halides is 3. The molecule has 220 valence electrons. The molecule has 0 unspecified atom stereocenters. The Labute approximate surface area is 236 Å². The van der Waals surface area contributed by atoms with Crippen molar-refractivity contribution in [2.45, 2.75) is 37.8 Å². The minimum atomic E-state index is -4.48. The van der Waals surface area contributed by atoms with E-state index in [1.165, 1.54) is 32.4 Å². The lowest BCUT2D eigenvalue weighted by Gasteiger charge is -2.14. The molecule has 5 rings (SSSR count). The number of rotatable bonds is 10. The Morgan fingerprint density at radius 2 is 1.83 bits per heavy atom. The molecular formula is C28H24F4N4O6. The van der Waals surface area contributed by atoms with Gasteiger partial charge in [0.05, 0.1) is 36.5 Å². The van der Waals surface area contributed by atoms with Gasteiger partial charge >= 0.3 is 12.1 Å². The number of amides is 1. The molecule has 0 spiro atoms. The lowest BCUT2D eigenvalue weighted by atomic mass is 10.0. The zero-order valence-corrected chi connectivity index (χ0v) is 22.4. The van der Waals surface area contributed by atoms with Crippen LogP contribution in [-0.4, -0.2) is 53.5 Å². The number of aromatic nitrogens is 3. The standard InChI is InChI=1S/C28H24F4N4O6/c1-15(37)40-7-8-41-23-12-20-19(11-22(23)39-2)33-14-21(34-20)17-4-3-16(18(29)9-17)10-26(38)35-25-13-24(42-36-25)27(5-6-27)28(30,31)32/h3-4,9,11-14H,5-8,10H2,1-2H3,(H,35,36,38). The minimum Gasteiger partial charge on any atom is -0.493 e. The first-order valence-corrected chi connectivity index (χ1v) is 12.7. The summed E-state index contributed by atoms with van der Waals surface area (Å²) in [4.78, 5) is 32.3. The van der Waals surface area contributed by atoms with Crippen LogP contribution in [0.3, 0.4) is 0 Å². The van der Waals surface area contributed by atoms with Crippen LogP contribution in [0, 0.1) is 5.82 Å². The van der Waals surface area contributed by atoms with Crippen molar-refractivity contribution in [3.8, 4) is 22.8 Å². The van der Waals surface area contributed by atoms with E-state index in [1.807, 2.05) is 0 Å². The molecule has 0 aliphatic heterocycles. The van der Waals surface area contributed by atoms with Crippen molar-refractivity contribution in [1.82, 2.24) is 15.1 Å². The van der Waals surface area contributed by atoms with Crippen molar-refractivity contribution in [3.05, 3.63) is 59.7 Å². The highest BCUT2D eigenvalue weighted by molar-refractivity contribution is 5.91. The molecule has 0 radical (unpaired) electrons. The number of carbonyl (C=O) groups excluding carboxylic acids is 2. The van der Waals surface area contributed by atoms with Gasteiger partial charge in [0.1, 0.15) is 24.4 Å². The number of halogens is 4. The Hall–Kier alpha value is -4.75. The number of ether oxygens (including phenoxy) is 3. The van der Waals surface area contributed by atoms with Crippen LogP contribution in [0.5, 0.6) is 11.5 Å². The molecule has 2 aromatic heterocycles. The van der Waals surface area contributed by atoms with Crippen LogP contribution in [0.2, 0.25) is 0 Å². The second kappa shape index (κ2) is 11.3. The van der Waals surface area contributed by atoms with E-state index in [0.29, 0.717) is 33.8 Å². The van der Waals surface area contributed by atoms with Crippen molar-refractivity contribution in [2.24, 2.45) is 0 Å². The predicted molar refractivity (Wildman–Crippen MR) is 139 cm³/mol. The number of anilines is 1. The average Bonchev–Trinajstić information content (AvgIpc) is 3.65. The summed E-state index contributed by atoms with van der Waals surface area (Å²) in [5.74, 6) is -1.60. The van der Waals surface area contributed by atoms with Crippen molar-refractivity contribution in [3.63, 3.8) is 0 Å². The van der Waals surface area contributed by atoms with E-state index in [9.17, 15) is 27.2 Å². The Morgan fingerprint density at radius 3 is 2.50 bits per heavy atom. The molecule has 4 aromatic rings. The van der Waals surface area contributed by atoms with Crippen LogP contribution in [0.1, 0.15) is 31.1 Å². The number of hydrogen-bond donors (Lipinski definition) is 1. The molecule has 1 aliphatic rings. The number of nitrogens with zero attached hydrogens (tertiary/aromatic N) is 3. The molecule has 1 N–H and O–H groups in total. The second-order valence-electron chi connectivity index (χ2n) is 9.62. The number of nitrogens with one attached hydrogen (secondary N) is 1. The quantitative estimate of drug-likeness (QED) is 0.152. The monoisotopic (exact) mass is 588 g/mol. The molecule has 2 heterocycles. The van der Waals surface area contributed by atoms with E-state index in [0.717, 1.165) is 6.07 Å². The topological polar surface area (TPSA) is 126 Å². The maximum absolute atomic E-state index is 15.0. The molecule has 42 heavy (non-hydrogen) atoms. The third kappa shape index (κ3) is 5.97. The zero-order chi connectivity index (χ0) is 30.1. The van der Waals surface area contributed by atoms with Crippen LogP contribution in [0.25, 0.3) is 22.3 Å². The lowest BCUT2D eigenvalue weighted by Crippen LogP contribution is -2.28. The molecule has 1 amide bonds. The summed E-state index contributed by atoms with van der Waals surface area (Å²) in [6.07, 6.45) is -3.64. The van der Waals surface area contributed by atoms with Crippen LogP contribution in [-0.2, 0) is 26.2 Å². The molecule has 0 saturated heterocycles. The van der Waals surface area contributed by atoms with Gasteiger partial charge in [0.15, 0.2) is 23.1 Å². The van der Waals surface area contributed by atoms with Gasteiger partial charge in [0, 0.05) is 30.7 Å². The van der Waals surface area contributed by atoms with E-state index in [1.54, 1.807) is 18.2 Å². The first-order valence-electron chi connectivity index (χ1n) is 12.7. The van der Waals surface area contributed by atoms with Crippen LogP contribution in [0.15, 0.2) is 47.1 Å². The lowest BCUT2D eigenvalue weighted by molar-refractivity contribution is -0.165. The van der Waals surface area contributed by atoms with Gasteiger partial charge < -0.3 is 24.1 Å². The highest BCUT2D eigenvalue weighted by Gasteiger charge is 2.66. The van der Waals surface area contributed by atoms with E-state index < -0.39 is 35.7 Å². The van der Waals surface area contributed by atoms with E-state index in [2.05, 4.69) is 20.4 Å². The van der Waals surface area contributed by atoms with Crippen LogP contribution in [0.4, 0.5) is 23.4 Å². The fraction of sp³-hybridized carbons (Fsp3) is 0.321. The Morgan fingerprint density at radius 1 is 1.07 bits per heavy atom. The van der Waals surface area contributed by atoms with Crippen molar-refractivity contribution in [1.29, 1.82) is 0 Å². The summed E-state index contributed by atoms with van der Waals surface area (Å²) in [6.45, 7) is 1.42. The summed E-state index contributed by atoms with van der Waals surface area (Å²) >= 11 is 0. The van der Waals surface area contributed by atoms with Gasteiger partial charge in [-0.2, -0.15) is 13.2 Å². The van der Waals surface area contributed by atoms with Gasteiger partial charge in [-0.15, -0.1) is 0 Å². The molecule has 10 nitrogen and oxygen atoms in total. The maximum atomic E-state index is 15.0. The van der Waals surface area contributed by atoms with Gasteiger partial charge in [-0.3, -0.25) is 14.6 Å². The summed E-state index contributed by atoms with van der Waals surface area (Å²) in [5, 5.41) is 5.86. The number of esters is 1. The number of carbonyl (C=O) groups is 2. The van der Waals surface area contributed by atoms with Gasteiger partial charge in [-0.05, 0) is 24.5 Å². The molecule has 2 aromatic carbocycles. The molecule has 1 aliphatic carbocycles. The van der Waals surface area contributed by atoms with Gasteiger partial charge in [0.2, 0.25) is 5.91 Å². The number of fused-ring (bicyclic) bond motifs is 1. The fourth-order valence-corrected chi connectivity index (χ4v) is 4.33. The Bertz CT molecular complexity index is 1650.